The average Bonchev–Trinajstić information content (AvgIpc) is 2.57. The summed E-state index contributed by atoms with van der Waals surface area (Å²) in [4.78, 5) is 4.34. The number of nitrogens with two attached hydrogens (primary N) is 1. The normalized spacial score (nSPS) is 12.3. The van der Waals surface area contributed by atoms with Crippen molar-refractivity contribution in [2.75, 3.05) is 0 Å². The molecule has 4 heteroatoms. The van der Waals surface area contributed by atoms with E-state index >= 15 is 0 Å². The molecule has 0 bridgehead atoms. The van der Waals surface area contributed by atoms with E-state index in [1.165, 1.54) is 0 Å². The second-order valence-corrected chi connectivity index (χ2v) is 4.36. The Kier molecular flexibility index (Phi) is 2.23. The minimum absolute atomic E-state index is 0.375. The number of fused-ring (bicyclic) bond motifs is 1. The van der Waals surface area contributed by atoms with Gasteiger partial charge in [-0.2, -0.15) is 5.10 Å². The molecule has 4 nitrogen and oxygen atoms in total. The van der Waals surface area contributed by atoms with Gasteiger partial charge in [0.1, 0.15) is 0 Å². The number of rotatable bonds is 2. The van der Waals surface area contributed by atoms with Gasteiger partial charge in [-0.05, 0) is 20.3 Å². The van der Waals surface area contributed by atoms with Crippen LogP contribution >= 0.6 is 0 Å². The topological polar surface area (TPSA) is 56.2 Å². The van der Waals surface area contributed by atoms with Gasteiger partial charge in [-0.15, -0.1) is 0 Å². The lowest BCUT2D eigenvalue weighted by Crippen LogP contribution is -2.29. The first-order chi connectivity index (χ1) is 7.00. The molecule has 0 atom stereocenters. The van der Waals surface area contributed by atoms with Crippen molar-refractivity contribution in [3.63, 3.8) is 0 Å². The third-order valence-corrected chi connectivity index (χ3v) is 2.47. The molecule has 0 radical (unpaired) electrons. The molecule has 0 aliphatic carbocycles. The predicted molar refractivity (Wildman–Crippen MR) is 59.6 cm³/mol. The zero-order valence-corrected chi connectivity index (χ0v) is 9.36. The maximum atomic E-state index is 6.01. The number of aromatic nitrogens is 3. The molecule has 2 rings (SSSR count). The van der Waals surface area contributed by atoms with Crippen LogP contribution in [0.3, 0.4) is 0 Å². The van der Waals surface area contributed by atoms with Crippen LogP contribution in [0.5, 0.6) is 0 Å². The molecule has 0 amide bonds. The van der Waals surface area contributed by atoms with Crippen molar-refractivity contribution in [2.45, 2.75) is 32.7 Å². The average molecular weight is 204 g/mol. The smallest absolute Gasteiger partial charge is 0.155 e. The molecule has 2 aromatic rings. The van der Waals surface area contributed by atoms with Crippen LogP contribution in [0, 0.1) is 0 Å². The molecule has 2 aromatic heterocycles. The summed E-state index contributed by atoms with van der Waals surface area (Å²) < 4.78 is 1.79. The fraction of sp³-hybridized carbons (Fsp3) is 0.455. The molecule has 0 aromatic carbocycles. The summed E-state index contributed by atoms with van der Waals surface area (Å²) in [6.45, 7) is 6.00. The largest absolute Gasteiger partial charge is 0.322 e. The summed E-state index contributed by atoms with van der Waals surface area (Å²) in [5, 5.41) is 4.40. The highest BCUT2D eigenvalue weighted by molar-refractivity contribution is 5.40. The van der Waals surface area contributed by atoms with Gasteiger partial charge in [0.2, 0.25) is 0 Å². The molecular formula is C11H16N4. The van der Waals surface area contributed by atoms with E-state index in [4.69, 9.17) is 5.73 Å². The Morgan fingerprint density at radius 3 is 2.80 bits per heavy atom. The molecule has 0 unspecified atom stereocenters. The van der Waals surface area contributed by atoms with Crippen molar-refractivity contribution in [2.24, 2.45) is 5.73 Å². The van der Waals surface area contributed by atoms with Crippen molar-refractivity contribution in [1.29, 1.82) is 0 Å². The standard InChI is InChI=1S/C11H16N4/c1-4-9-5-10-13-6-8(11(2,3)12)7-15(10)14-9/h5-7H,4,12H2,1-3H3. The van der Waals surface area contributed by atoms with Crippen LogP contribution in [0.4, 0.5) is 0 Å². The van der Waals surface area contributed by atoms with Crippen molar-refractivity contribution in [3.05, 3.63) is 29.7 Å². The summed E-state index contributed by atoms with van der Waals surface area (Å²) in [5.74, 6) is 0. The van der Waals surface area contributed by atoms with E-state index in [-0.39, 0.29) is 5.54 Å². The van der Waals surface area contributed by atoms with Crippen LogP contribution in [-0.2, 0) is 12.0 Å². The van der Waals surface area contributed by atoms with Crippen LogP contribution in [-0.4, -0.2) is 14.6 Å². The molecule has 0 aliphatic rings. The highest BCUT2D eigenvalue weighted by Gasteiger charge is 2.15. The van der Waals surface area contributed by atoms with Crippen LogP contribution < -0.4 is 5.73 Å². The van der Waals surface area contributed by atoms with Gasteiger partial charge in [-0.25, -0.2) is 9.50 Å². The van der Waals surface area contributed by atoms with Gasteiger partial charge in [0.05, 0.1) is 5.69 Å². The van der Waals surface area contributed by atoms with E-state index in [0.717, 1.165) is 23.3 Å². The SMILES string of the molecule is CCc1cc2ncc(C(C)(C)N)cn2n1. The van der Waals surface area contributed by atoms with Crippen LogP contribution in [0.2, 0.25) is 0 Å². The summed E-state index contributed by atoms with van der Waals surface area (Å²) >= 11 is 0. The van der Waals surface area contributed by atoms with Gasteiger partial charge in [0.25, 0.3) is 0 Å². The van der Waals surface area contributed by atoms with Gasteiger partial charge >= 0.3 is 0 Å². The van der Waals surface area contributed by atoms with Gasteiger partial charge in [0.15, 0.2) is 5.65 Å². The summed E-state index contributed by atoms with van der Waals surface area (Å²) in [5.41, 5.74) is 8.54. The van der Waals surface area contributed by atoms with Gasteiger partial charge < -0.3 is 5.73 Å². The fourth-order valence-corrected chi connectivity index (χ4v) is 1.43. The maximum absolute atomic E-state index is 6.01. The first-order valence-corrected chi connectivity index (χ1v) is 5.14. The second-order valence-electron chi connectivity index (χ2n) is 4.36. The molecule has 2 heterocycles. The summed E-state index contributed by atoms with van der Waals surface area (Å²) in [6.07, 6.45) is 4.68. The van der Waals surface area contributed by atoms with E-state index in [1.807, 2.05) is 32.3 Å². The van der Waals surface area contributed by atoms with E-state index in [2.05, 4.69) is 17.0 Å². The quantitative estimate of drug-likeness (QED) is 0.806. The van der Waals surface area contributed by atoms with Gasteiger partial charge in [-0.3, -0.25) is 0 Å². The summed E-state index contributed by atoms with van der Waals surface area (Å²) in [6, 6.07) is 1.99. The van der Waals surface area contributed by atoms with Crippen LogP contribution in [0.1, 0.15) is 32.0 Å². The Morgan fingerprint density at radius 1 is 1.47 bits per heavy atom. The predicted octanol–water partition coefficient (Wildman–Crippen LogP) is 1.49. The lowest BCUT2D eigenvalue weighted by molar-refractivity contribution is 0.546. The number of aryl methyl sites for hydroxylation is 1. The Hall–Kier alpha value is -1.42. The molecule has 0 spiro atoms. The fourth-order valence-electron chi connectivity index (χ4n) is 1.43. The number of hydrogen-bond acceptors (Lipinski definition) is 3. The molecule has 2 N–H and O–H groups in total. The summed E-state index contributed by atoms with van der Waals surface area (Å²) in [7, 11) is 0. The lowest BCUT2D eigenvalue weighted by atomic mass is 9.99. The molecule has 0 fully saturated rings. The van der Waals surface area contributed by atoms with E-state index in [0.29, 0.717) is 0 Å². The minimum Gasteiger partial charge on any atom is -0.322 e. The molecule has 80 valence electrons. The highest BCUT2D eigenvalue weighted by Crippen LogP contribution is 2.16. The first kappa shape index (κ1) is 10.1. The van der Waals surface area contributed by atoms with E-state index < -0.39 is 0 Å². The Bertz CT molecular complexity index is 479. The lowest BCUT2D eigenvalue weighted by Gasteiger charge is -2.18. The van der Waals surface area contributed by atoms with E-state index in [9.17, 15) is 0 Å². The third-order valence-electron chi connectivity index (χ3n) is 2.47. The molecular weight excluding hydrogens is 188 g/mol. The zero-order chi connectivity index (χ0) is 11.1. The maximum Gasteiger partial charge on any atom is 0.155 e. The zero-order valence-electron chi connectivity index (χ0n) is 9.36. The monoisotopic (exact) mass is 204 g/mol. The highest BCUT2D eigenvalue weighted by atomic mass is 15.2. The number of hydrogen-bond donors (Lipinski definition) is 1. The minimum atomic E-state index is -0.375. The molecule has 0 saturated carbocycles. The van der Waals surface area contributed by atoms with Crippen LogP contribution in [0.15, 0.2) is 18.5 Å². The molecule has 0 saturated heterocycles. The second kappa shape index (κ2) is 3.31. The van der Waals surface area contributed by atoms with Crippen molar-refractivity contribution < 1.29 is 0 Å². The molecule has 15 heavy (non-hydrogen) atoms. The Morgan fingerprint density at radius 2 is 2.20 bits per heavy atom. The van der Waals surface area contributed by atoms with E-state index in [1.54, 1.807) is 4.52 Å². The Labute approximate surface area is 89.1 Å². The first-order valence-electron chi connectivity index (χ1n) is 5.14. The Balaban J connectivity index is 2.55. The van der Waals surface area contributed by atoms with Crippen molar-refractivity contribution in [1.82, 2.24) is 14.6 Å². The van der Waals surface area contributed by atoms with Gasteiger partial charge in [0, 0.05) is 29.6 Å². The van der Waals surface area contributed by atoms with Crippen LogP contribution in [0.25, 0.3) is 5.65 Å². The van der Waals surface area contributed by atoms with Crippen molar-refractivity contribution >= 4 is 5.65 Å². The third kappa shape index (κ3) is 1.85. The molecule has 0 aliphatic heterocycles. The van der Waals surface area contributed by atoms with Crippen molar-refractivity contribution in [3.8, 4) is 0 Å². The number of nitrogens with zero attached hydrogens (tertiary/aromatic N) is 3. The van der Waals surface area contributed by atoms with Gasteiger partial charge in [-0.1, -0.05) is 6.92 Å².